The van der Waals surface area contributed by atoms with Gasteiger partial charge in [0.1, 0.15) is 12.4 Å². The summed E-state index contributed by atoms with van der Waals surface area (Å²) < 4.78 is 6.06. The molecule has 0 aliphatic carbocycles. The fourth-order valence-electron chi connectivity index (χ4n) is 2.37. The van der Waals surface area contributed by atoms with E-state index in [9.17, 15) is 4.79 Å². The van der Waals surface area contributed by atoms with Crippen LogP contribution in [0.3, 0.4) is 0 Å². The molecule has 0 saturated heterocycles. The van der Waals surface area contributed by atoms with Crippen LogP contribution in [0.5, 0.6) is 5.75 Å². The Kier molecular flexibility index (Phi) is 7.06. The van der Waals surface area contributed by atoms with Crippen LogP contribution in [0.15, 0.2) is 46.2 Å². The van der Waals surface area contributed by atoms with Gasteiger partial charge in [0.25, 0.3) is 5.24 Å². The molecule has 0 aromatic heterocycles. The smallest absolute Gasteiger partial charge is 0.283 e. The predicted molar refractivity (Wildman–Crippen MR) is 103 cm³/mol. The van der Waals surface area contributed by atoms with Gasteiger partial charge in [0.15, 0.2) is 0 Å². The molecule has 5 heteroatoms. The van der Waals surface area contributed by atoms with E-state index in [4.69, 9.17) is 4.74 Å². The van der Waals surface area contributed by atoms with Gasteiger partial charge in [0.05, 0.1) is 0 Å². The summed E-state index contributed by atoms with van der Waals surface area (Å²) >= 11 is 2.87. The van der Waals surface area contributed by atoms with Crippen molar-refractivity contribution in [3.63, 3.8) is 0 Å². The molecule has 0 bridgehead atoms. The average Bonchev–Trinajstić information content (AvgIpc) is 2.60. The van der Waals surface area contributed by atoms with E-state index < -0.39 is 0 Å². The Balaban J connectivity index is 2.23. The Morgan fingerprint density at radius 3 is 2.58 bits per heavy atom. The first kappa shape index (κ1) is 18.7. The molecule has 0 aliphatic rings. The summed E-state index contributed by atoms with van der Waals surface area (Å²) in [6.07, 6.45) is 3.05. The van der Waals surface area contributed by atoms with Gasteiger partial charge < -0.3 is 10.1 Å². The summed E-state index contributed by atoms with van der Waals surface area (Å²) in [6, 6.07) is 12.3. The Labute approximate surface area is 152 Å². The van der Waals surface area contributed by atoms with Gasteiger partial charge in [0.2, 0.25) is 0 Å². The molecule has 24 heavy (non-hydrogen) atoms. The minimum absolute atomic E-state index is 0.0713. The van der Waals surface area contributed by atoms with Gasteiger partial charge in [-0.25, -0.2) is 0 Å². The molecule has 0 fully saturated rings. The molecule has 2 aromatic carbocycles. The standard InChI is InChI=1S/C19H23NO2S2/c1-5-14-9-10-16(13(2)11-14)22-12-15-17(23-4)7-6-8-18(15)24-19(21)20-3/h6-11H,5,12H2,1-4H3,(H,20,21). The third-order valence-corrected chi connectivity index (χ3v) is 5.55. The van der Waals surface area contributed by atoms with Gasteiger partial charge in [0, 0.05) is 22.4 Å². The second-order valence-corrected chi connectivity index (χ2v) is 7.18. The van der Waals surface area contributed by atoms with Crippen LogP contribution in [0.2, 0.25) is 0 Å². The van der Waals surface area contributed by atoms with Crippen LogP contribution >= 0.6 is 23.5 Å². The zero-order valence-corrected chi connectivity index (χ0v) is 16.1. The first-order valence-electron chi connectivity index (χ1n) is 7.86. The lowest BCUT2D eigenvalue weighted by Crippen LogP contribution is -2.12. The highest BCUT2D eigenvalue weighted by Gasteiger charge is 2.13. The molecule has 0 atom stereocenters. The summed E-state index contributed by atoms with van der Waals surface area (Å²) in [7, 11) is 1.64. The number of nitrogens with one attached hydrogen (secondary N) is 1. The molecule has 1 amide bonds. The van der Waals surface area contributed by atoms with E-state index in [2.05, 4.69) is 37.4 Å². The maximum absolute atomic E-state index is 11.7. The van der Waals surface area contributed by atoms with E-state index in [-0.39, 0.29) is 5.24 Å². The number of aryl methyl sites for hydroxylation is 2. The monoisotopic (exact) mass is 361 g/mol. The fraction of sp³-hybridized carbons (Fsp3) is 0.316. The van der Waals surface area contributed by atoms with Gasteiger partial charge >= 0.3 is 0 Å². The van der Waals surface area contributed by atoms with Gasteiger partial charge in [-0.05, 0) is 60.7 Å². The molecule has 128 valence electrons. The molecular formula is C19H23NO2S2. The number of thioether (sulfide) groups is 2. The topological polar surface area (TPSA) is 38.3 Å². The van der Waals surface area contributed by atoms with Gasteiger partial charge in [-0.2, -0.15) is 0 Å². The van der Waals surface area contributed by atoms with Crippen molar-refractivity contribution in [2.75, 3.05) is 13.3 Å². The summed E-state index contributed by atoms with van der Waals surface area (Å²) in [6.45, 7) is 4.66. The van der Waals surface area contributed by atoms with Crippen LogP contribution in [0.1, 0.15) is 23.6 Å². The zero-order chi connectivity index (χ0) is 17.5. The van der Waals surface area contributed by atoms with E-state index >= 15 is 0 Å². The number of rotatable bonds is 6. The van der Waals surface area contributed by atoms with Crippen molar-refractivity contribution in [1.82, 2.24) is 5.32 Å². The lowest BCUT2D eigenvalue weighted by Gasteiger charge is -2.15. The van der Waals surface area contributed by atoms with Crippen LogP contribution in [0.4, 0.5) is 4.79 Å². The van der Waals surface area contributed by atoms with Crippen LogP contribution in [0.25, 0.3) is 0 Å². The first-order chi connectivity index (χ1) is 11.6. The summed E-state index contributed by atoms with van der Waals surface area (Å²) in [5.74, 6) is 0.888. The fourth-order valence-corrected chi connectivity index (χ4v) is 3.80. The third-order valence-electron chi connectivity index (χ3n) is 3.74. The molecule has 0 unspecified atom stereocenters. The average molecular weight is 362 g/mol. The Morgan fingerprint density at radius 2 is 1.96 bits per heavy atom. The molecular weight excluding hydrogens is 338 g/mol. The van der Waals surface area contributed by atoms with Crippen molar-refractivity contribution in [2.45, 2.75) is 36.7 Å². The van der Waals surface area contributed by atoms with E-state index in [0.717, 1.165) is 33.1 Å². The number of carbonyl (C=O) groups excluding carboxylic acids is 1. The van der Waals surface area contributed by atoms with E-state index in [1.54, 1.807) is 18.8 Å². The molecule has 0 heterocycles. The number of benzene rings is 2. The second kappa shape index (κ2) is 9.04. The molecule has 0 saturated carbocycles. The molecule has 1 N–H and O–H groups in total. The van der Waals surface area contributed by atoms with Crippen molar-refractivity contribution >= 4 is 28.8 Å². The van der Waals surface area contributed by atoms with Crippen molar-refractivity contribution in [2.24, 2.45) is 0 Å². The molecule has 2 rings (SSSR count). The van der Waals surface area contributed by atoms with E-state index in [1.807, 2.05) is 24.5 Å². The largest absolute Gasteiger partial charge is 0.489 e. The quantitative estimate of drug-likeness (QED) is 0.710. The minimum Gasteiger partial charge on any atom is -0.489 e. The second-order valence-electron chi connectivity index (χ2n) is 5.32. The van der Waals surface area contributed by atoms with E-state index in [0.29, 0.717) is 6.61 Å². The highest BCUT2D eigenvalue weighted by atomic mass is 32.2. The highest BCUT2D eigenvalue weighted by molar-refractivity contribution is 8.13. The van der Waals surface area contributed by atoms with Gasteiger partial charge in [-0.3, -0.25) is 4.79 Å². The highest BCUT2D eigenvalue weighted by Crippen LogP contribution is 2.32. The van der Waals surface area contributed by atoms with Gasteiger partial charge in [-0.15, -0.1) is 11.8 Å². The molecule has 0 aliphatic heterocycles. The molecule has 3 nitrogen and oxygen atoms in total. The lowest BCUT2D eigenvalue weighted by molar-refractivity contribution is 0.262. The minimum atomic E-state index is -0.0713. The predicted octanol–water partition coefficient (Wildman–Crippen LogP) is 5.29. The molecule has 2 aromatic rings. The zero-order valence-electron chi connectivity index (χ0n) is 14.5. The Bertz CT molecular complexity index is 717. The van der Waals surface area contributed by atoms with E-state index in [1.165, 1.54) is 17.3 Å². The van der Waals surface area contributed by atoms with Crippen LogP contribution in [0, 0.1) is 6.92 Å². The normalized spacial score (nSPS) is 10.5. The van der Waals surface area contributed by atoms with Crippen LogP contribution < -0.4 is 10.1 Å². The number of amides is 1. The van der Waals surface area contributed by atoms with Crippen LogP contribution in [-0.4, -0.2) is 18.5 Å². The maximum Gasteiger partial charge on any atom is 0.283 e. The van der Waals surface area contributed by atoms with Crippen molar-refractivity contribution < 1.29 is 9.53 Å². The van der Waals surface area contributed by atoms with Crippen molar-refractivity contribution in [3.8, 4) is 5.75 Å². The Morgan fingerprint density at radius 1 is 1.21 bits per heavy atom. The summed E-state index contributed by atoms with van der Waals surface area (Å²) in [4.78, 5) is 13.8. The number of carbonyl (C=O) groups is 1. The first-order valence-corrected chi connectivity index (χ1v) is 9.91. The van der Waals surface area contributed by atoms with Crippen LogP contribution in [-0.2, 0) is 13.0 Å². The molecule has 0 spiro atoms. The summed E-state index contributed by atoms with van der Waals surface area (Å²) in [5.41, 5.74) is 3.49. The number of ether oxygens (including phenoxy) is 1. The maximum atomic E-state index is 11.7. The number of hydrogen-bond donors (Lipinski definition) is 1. The lowest BCUT2D eigenvalue weighted by atomic mass is 10.1. The SMILES string of the molecule is CCc1ccc(OCc2c(SC)cccc2SC(=O)NC)c(C)c1. The van der Waals surface area contributed by atoms with Crippen molar-refractivity contribution in [3.05, 3.63) is 53.1 Å². The Hall–Kier alpha value is -1.59. The molecule has 0 radical (unpaired) electrons. The number of hydrogen-bond acceptors (Lipinski definition) is 4. The third kappa shape index (κ3) is 4.71. The van der Waals surface area contributed by atoms with Crippen molar-refractivity contribution in [1.29, 1.82) is 0 Å². The van der Waals surface area contributed by atoms with Gasteiger partial charge in [-0.1, -0.05) is 25.1 Å². The summed E-state index contributed by atoms with van der Waals surface area (Å²) in [5, 5.41) is 2.58.